The summed E-state index contributed by atoms with van der Waals surface area (Å²) in [4.78, 5) is 0. The fourth-order valence-electron chi connectivity index (χ4n) is 1.14. The zero-order valence-electron chi connectivity index (χ0n) is 8.74. The van der Waals surface area contributed by atoms with E-state index in [0.717, 1.165) is 5.56 Å². The lowest BCUT2D eigenvalue weighted by molar-refractivity contribution is 0.229. The van der Waals surface area contributed by atoms with Crippen LogP contribution in [0.3, 0.4) is 0 Å². The Balaban J connectivity index is 2.46. The first-order chi connectivity index (χ1) is 7.13. The zero-order chi connectivity index (χ0) is 11.3. The van der Waals surface area contributed by atoms with Crippen LogP contribution in [0.5, 0.6) is 5.75 Å². The third kappa shape index (κ3) is 3.85. The Bertz CT molecular complexity index is 317. The minimum atomic E-state index is -0.318. The molecule has 84 valence electrons. The Morgan fingerprint density at radius 2 is 2.27 bits per heavy atom. The van der Waals surface area contributed by atoms with Gasteiger partial charge in [-0.3, -0.25) is 0 Å². The largest absolute Gasteiger partial charge is 0.493 e. The SMILES string of the molecule is Cc1ccc(F)cc1OCCC(N)CO. The van der Waals surface area contributed by atoms with Crippen LogP contribution in [0.25, 0.3) is 0 Å². The molecule has 3 nitrogen and oxygen atoms in total. The monoisotopic (exact) mass is 213 g/mol. The van der Waals surface area contributed by atoms with Gasteiger partial charge in [0.05, 0.1) is 13.2 Å². The molecule has 0 aliphatic rings. The molecule has 1 atom stereocenters. The first-order valence-corrected chi connectivity index (χ1v) is 4.89. The minimum absolute atomic E-state index is 0.0640. The molecule has 1 aromatic carbocycles. The summed E-state index contributed by atoms with van der Waals surface area (Å²) in [6.07, 6.45) is 0.548. The van der Waals surface area contributed by atoms with Gasteiger partial charge in [-0.15, -0.1) is 0 Å². The van der Waals surface area contributed by atoms with E-state index in [2.05, 4.69) is 0 Å². The van der Waals surface area contributed by atoms with Crippen LogP contribution < -0.4 is 10.5 Å². The molecule has 0 aromatic heterocycles. The number of hydrogen-bond donors (Lipinski definition) is 2. The molecule has 0 bridgehead atoms. The predicted octanol–water partition coefficient (Wildman–Crippen LogP) is 1.22. The molecular formula is C11H16FNO2. The van der Waals surface area contributed by atoms with Crippen molar-refractivity contribution in [3.63, 3.8) is 0 Å². The molecule has 4 heteroatoms. The Morgan fingerprint density at radius 3 is 2.93 bits per heavy atom. The van der Waals surface area contributed by atoms with Crippen molar-refractivity contribution >= 4 is 0 Å². The van der Waals surface area contributed by atoms with Crippen molar-refractivity contribution in [3.05, 3.63) is 29.6 Å². The number of aliphatic hydroxyl groups is 1. The third-order valence-corrected chi connectivity index (χ3v) is 2.13. The van der Waals surface area contributed by atoms with Crippen molar-refractivity contribution in [2.45, 2.75) is 19.4 Å². The first-order valence-electron chi connectivity index (χ1n) is 4.89. The van der Waals surface area contributed by atoms with Gasteiger partial charge >= 0.3 is 0 Å². The van der Waals surface area contributed by atoms with Crippen molar-refractivity contribution in [3.8, 4) is 5.75 Å². The lowest BCUT2D eigenvalue weighted by Crippen LogP contribution is -2.26. The average molecular weight is 213 g/mol. The second-order valence-corrected chi connectivity index (χ2v) is 3.49. The van der Waals surface area contributed by atoms with Crippen LogP contribution in [-0.2, 0) is 0 Å². The van der Waals surface area contributed by atoms with Crippen LogP contribution in [-0.4, -0.2) is 24.4 Å². The maximum absolute atomic E-state index is 12.9. The standard InChI is InChI=1S/C11H16FNO2/c1-8-2-3-9(12)6-11(8)15-5-4-10(13)7-14/h2-3,6,10,14H,4-5,7,13H2,1H3. The van der Waals surface area contributed by atoms with Gasteiger partial charge in [-0.05, 0) is 25.0 Å². The van der Waals surface area contributed by atoms with E-state index >= 15 is 0 Å². The number of ether oxygens (including phenoxy) is 1. The minimum Gasteiger partial charge on any atom is -0.493 e. The van der Waals surface area contributed by atoms with Crippen LogP contribution >= 0.6 is 0 Å². The van der Waals surface area contributed by atoms with Crippen LogP contribution in [0.15, 0.2) is 18.2 Å². The molecule has 0 heterocycles. The van der Waals surface area contributed by atoms with Crippen molar-refractivity contribution in [1.29, 1.82) is 0 Å². The smallest absolute Gasteiger partial charge is 0.126 e. The van der Waals surface area contributed by atoms with Crippen LogP contribution in [0.4, 0.5) is 4.39 Å². The van der Waals surface area contributed by atoms with E-state index in [0.29, 0.717) is 18.8 Å². The summed E-state index contributed by atoms with van der Waals surface area (Å²) in [5.41, 5.74) is 6.38. The Kier molecular flexibility index (Phi) is 4.52. The van der Waals surface area contributed by atoms with E-state index in [-0.39, 0.29) is 18.5 Å². The summed E-state index contributed by atoms with van der Waals surface area (Å²) in [5, 5.41) is 8.69. The van der Waals surface area contributed by atoms with Gasteiger partial charge in [-0.1, -0.05) is 6.07 Å². The summed E-state index contributed by atoms with van der Waals surface area (Å²) in [6, 6.07) is 4.12. The highest BCUT2D eigenvalue weighted by molar-refractivity contribution is 5.32. The molecule has 0 fully saturated rings. The quantitative estimate of drug-likeness (QED) is 0.773. The van der Waals surface area contributed by atoms with E-state index in [4.69, 9.17) is 15.6 Å². The Morgan fingerprint density at radius 1 is 1.53 bits per heavy atom. The fourth-order valence-corrected chi connectivity index (χ4v) is 1.14. The van der Waals surface area contributed by atoms with E-state index in [1.54, 1.807) is 6.07 Å². The molecule has 3 N–H and O–H groups in total. The van der Waals surface area contributed by atoms with E-state index in [9.17, 15) is 4.39 Å². The maximum Gasteiger partial charge on any atom is 0.126 e. The second kappa shape index (κ2) is 5.68. The van der Waals surface area contributed by atoms with Gasteiger partial charge in [0.25, 0.3) is 0 Å². The molecule has 1 aromatic rings. The molecule has 0 amide bonds. The summed E-state index contributed by atoms with van der Waals surface area (Å²) in [7, 11) is 0. The number of hydrogen-bond acceptors (Lipinski definition) is 3. The zero-order valence-corrected chi connectivity index (χ0v) is 8.74. The van der Waals surface area contributed by atoms with Crippen molar-refractivity contribution in [2.24, 2.45) is 5.73 Å². The van der Waals surface area contributed by atoms with Crippen molar-refractivity contribution < 1.29 is 14.2 Å². The second-order valence-electron chi connectivity index (χ2n) is 3.49. The molecule has 0 saturated carbocycles. The molecule has 0 spiro atoms. The van der Waals surface area contributed by atoms with Gasteiger partial charge in [0.15, 0.2) is 0 Å². The fraction of sp³-hybridized carbons (Fsp3) is 0.455. The van der Waals surface area contributed by atoms with E-state index < -0.39 is 0 Å². The van der Waals surface area contributed by atoms with Gasteiger partial charge in [-0.25, -0.2) is 4.39 Å². The number of nitrogens with two attached hydrogens (primary N) is 1. The first kappa shape index (κ1) is 11.9. The van der Waals surface area contributed by atoms with Gasteiger partial charge in [0.2, 0.25) is 0 Å². The average Bonchev–Trinajstić information content (AvgIpc) is 2.23. The van der Waals surface area contributed by atoms with Crippen molar-refractivity contribution in [1.82, 2.24) is 0 Å². The topological polar surface area (TPSA) is 55.5 Å². The normalized spacial score (nSPS) is 12.5. The van der Waals surface area contributed by atoms with Crippen LogP contribution in [0, 0.1) is 12.7 Å². The molecule has 1 unspecified atom stereocenters. The molecule has 0 saturated heterocycles. The predicted molar refractivity (Wildman–Crippen MR) is 56.3 cm³/mol. The van der Waals surface area contributed by atoms with E-state index in [1.807, 2.05) is 6.92 Å². The number of aryl methyl sites for hydroxylation is 1. The highest BCUT2D eigenvalue weighted by atomic mass is 19.1. The summed E-state index contributed by atoms with van der Waals surface area (Å²) >= 11 is 0. The van der Waals surface area contributed by atoms with Crippen molar-refractivity contribution in [2.75, 3.05) is 13.2 Å². The molecule has 0 aliphatic carbocycles. The lowest BCUT2D eigenvalue weighted by atomic mass is 10.2. The van der Waals surface area contributed by atoms with Crippen LogP contribution in [0.1, 0.15) is 12.0 Å². The number of rotatable bonds is 5. The molecule has 0 radical (unpaired) electrons. The lowest BCUT2D eigenvalue weighted by Gasteiger charge is -2.11. The van der Waals surface area contributed by atoms with Gasteiger partial charge in [0.1, 0.15) is 11.6 Å². The summed E-state index contributed by atoms with van der Waals surface area (Å²) < 4.78 is 18.2. The van der Waals surface area contributed by atoms with Gasteiger partial charge in [-0.2, -0.15) is 0 Å². The maximum atomic E-state index is 12.9. The Labute approximate surface area is 88.7 Å². The Hall–Kier alpha value is -1.13. The summed E-state index contributed by atoms with van der Waals surface area (Å²) in [5.74, 6) is 0.210. The highest BCUT2D eigenvalue weighted by Gasteiger charge is 2.03. The molecule has 1 rings (SSSR count). The number of halogens is 1. The van der Waals surface area contributed by atoms with Gasteiger partial charge in [0, 0.05) is 12.1 Å². The number of aliphatic hydroxyl groups excluding tert-OH is 1. The van der Waals surface area contributed by atoms with Crippen LogP contribution in [0.2, 0.25) is 0 Å². The molecule has 15 heavy (non-hydrogen) atoms. The van der Waals surface area contributed by atoms with Gasteiger partial charge < -0.3 is 15.6 Å². The third-order valence-electron chi connectivity index (χ3n) is 2.13. The number of benzene rings is 1. The molecule has 0 aliphatic heterocycles. The highest BCUT2D eigenvalue weighted by Crippen LogP contribution is 2.18. The molecular weight excluding hydrogens is 197 g/mol. The van der Waals surface area contributed by atoms with E-state index in [1.165, 1.54) is 12.1 Å². The summed E-state index contributed by atoms with van der Waals surface area (Å²) in [6.45, 7) is 2.16.